The highest BCUT2D eigenvalue weighted by Gasteiger charge is 2.51. The summed E-state index contributed by atoms with van der Waals surface area (Å²) in [6, 6.07) is 31.9. The Morgan fingerprint density at radius 2 is 1.02 bits per heavy atom. The summed E-state index contributed by atoms with van der Waals surface area (Å²) in [5.74, 6) is -0.703. The van der Waals surface area contributed by atoms with Gasteiger partial charge in [0.25, 0.3) is 5.97 Å². The van der Waals surface area contributed by atoms with Crippen LogP contribution in [0.15, 0.2) is 85.0 Å². The molecule has 2 bridgehead atoms. The SMILES string of the molecule is CC[Si](CC)(CC)O[C@@H](CCc1ccccc1)CC[C@@H]1[C@@H](C/C=C\CCCC23OCC(C)(CO2)CO3)[C@@H](O[Si](CC)(CC)CC)C[C@H]1O[Si](CC)(CC)CC.CO.O=C(O)CCC/C=C\C[C@@H]1[C@@H](CC[C@@H](O)CCc2ccccc2)[C@H](O)C[C@@H]1O. The van der Waals surface area contributed by atoms with Crippen LogP contribution < -0.4 is 0 Å². The summed E-state index contributed by atoms with van der Waals surface area (Å²) in [6.45, 7) is 25.8. The number of allylic oxidation sites excluding steroid dienone is 4. The van der Waals surface area contributed by atoms with E-state index in [1.807, 2.05) is 30.4 Å². The summed E-state index contributed by atoms with van der Waals surface area (Å²) in [5.41, 5.74) is 2.64. The lowest BCUT2D eigenvalue weighted by molar-refractivity contribution is -0.467. The van der Waals surface area contributed by atoms with Crippen molar-refractivity contribution in [3.8, 4) is 0 Å². The zero-order valence-electron chi connectivity index (χ0n) is 55.2. The molecule has 486 valence electrons. The molecular formula is C70H122O12Si3. The maximum absolute atomic E-state index is 10.5. The maximum Gasteiger partial charge on any atom is 0.303 e. The first kappa shape index (κ1) is 75.1. The van der Waals surface area contributed by atoms with Crippen LogP contribution in [0.25, 0.3) is 0 Å². The third kappa shape index (κ3) is 23.8. The number of aliphatic carboxylic acids is 1. The average molecular weight is 1240 g/mol. The van der Waals surface area contributed by atoms with Gasteiger partial charge in [-0.3, -0.25) is 4.79 Å². The van der Waals surface area contributed by atoms with E-state index in [0.717, 1.165) is 91.1 Å². The first-order valence-corrected chi connectivity index (χ1v) is 41.6. The molecule has 7 rings (SSSR count). The van der Waals surface area contributed by atoms with Gasteiger partial charge in [0.2, 0.25) is 0 Å². The zero-order chi connectivity index (χ0) is 62.4. The van der Waals surface area contributed by atoms with Crippen molar-refractivity contribution in [1.82, 2.24) is 0 Å². The van der Waals surface area contributed by atoms with Crippen LogP contribution in [0.2, 0.25) is 54.4 Å². The summed E-state index contributed by atoms with van der Waals surface area (Å²) in [6.07, 6.45) is 22.9. The van der Waals surface area contributed by atoms with Gasteiger partial charge in [0.05, 0.1) is 50.3 Å². The Hall–Kier alpha value is -2.36. The molecule has 3 heterocycles. The van der Waals surface area contributed by atoms with Gasteiger partial charge in [-0.1, -0.05) is 154 Å². The molecule has 0 unspecified atom stereocenters. The van der Waals surface area contributed by atoms with Crippen molar-refractivity contribution < 1.29 is 57.8 Å². The number of ether oxygens (including phenoxy) is 3. The van der Waals surface area contributed by atoms with Crippen LogP contribution in [-0.4, -0.2) is 126 Å². The number of hydrogen-bond acceptors (Lipinski definition) is 11. The number of hydrogen-bond donors (Lipinski definition) is 5. The number of aliphatic hydroxyl groups is 4. The second-order valence-electron chi connectivity index (χ2n) is 25.9. The molecule has 3 aliphatic heterocycles. The van der Waals surface area contributed by atoms with Crippen LogP contribution in [0.1, 0.15) is 183 Å². The van der Waals surface area contributed by atoms with Crippen molar-refractivity contribution in [2.75, 3.05) is 26.9 Å². The standard InChI is InChI=1S/C46H84O6Si3.C23H34O5.CH4O/c1-11-53(12-2,13-3)50-40(31-30-39-27-23-22-24-28-39)32-33-42-41(29-25-20-21-26-34-46-47-36-45(10,37-48-46)38-49-46)43(51-54(14-4,15-5)16-6)35-44(42)52-55(17-7,18-8)19-9;24-18(13-12-17-8-4-3-5-9-17)14-15-20-19(21(25)16-22(20)26)10-6-1-2-7-11-23(27)28;1-2/h20,22-25,27-28,40-44H,11-19,21,26,29-38H2,1-10H3;1,3-6,8-9,18-22,24-26H,2,7,10-16H2,(H,27,28);2H,1H3/b25-20-;6-1-;/t40-,41+,42+,43-,44+,45?,46?;18-,19+,20+,21-,22+;/m00./s1. The van der Waals surface area contributed by atoms with Gasteiger partial charge in [0, 0.05) is 31.5 Å². The number of unbranched alkanes of at least 4 members (excludes halogenated alkanes) is 2. The molecule has 5 fully saturated rings. The third-order valence-electron chi connectivity index (χ3n) is 20.6. The molecule has 85 heavy (non-hydrogen) atoms. The van der Waals surface area contributed by atoms with Crippen molar-refractivity contribution in [2.24, 2.45) is 29.1 Å². The van der Waals surface area contributed by atoms with Crippen LogP contribution in [0.4, 0.5) is 0 Å². The fourth-order valence-electron chi connectivity index (χ4n) is 14.0. The minimum Gasteiger partial charge on any atom is -0.481 e. The molecule has 0 amide bonds. The van der Waals surface area contributed by atoms with E-state index < -0.39 is 55.2 Å². The van der Waals surface area contributed by atoms with E-state index in [2.05, 4.69) is 124 Å². The van der Waals surface area contributed by atoms with Crippen molar-refractivity contribution >= 4 is 30.9 Å². The second kappa shape index (κ2) is 39.0. The van der Waals surface area contributed by atoms with Crippen LogP contribution in [0.5, 0.6) is 0 Å². The van der Waals surface area contributed by atoms with Gasteiger partial charge >= 0.3 is 5.97 Å². The van der Waals surface area contributed by atoms with E-state index in [0.29, 0.717) is 56.8 Å². The summed E-state index contributed by atoms with van der Waals surface area (Å²) < 4.78 is 40.8. The molecule has 12 nitrogen and oxygen atoms in total. The summed E-state index contributed by atoms with van der Waals surface area (Å²) in [5, 5.41) is 46.6. The van der Waals surface area contributed by atoms with Crippen molar-refractivity contribution in [1.29, 1.82) is 0 Å². The van der Waals surface area contributed by atoms with Gasteiger partial charge in [-0.2, -0.15) is 0 Å². The minimum atomic E-state index is -1.84. The summed E-state index contributed by atoms with van der Waals surface area (Å²) in [4.78, 5) is 10.5. The molecular weight excluding hydrogens is 1120 g/mol. The highest BCUT2D eigenvalue weighted by Crippen LogP contribution is 2.47. The molecule has 0 spiro atoms. The predicted octanol–water partition coefficient (Wildman–Crippen LogP) is 16.0. The summed E-state index contributed by atoms with van der Waals surface area (Å²) in [7, 11) is -4.45. The largest absolute Gasteiger partial charge is 0.481 e. The summed E-state index contributed by atoms with van der Waals surface area (Å²) >= 11 is 0. The van der Waals surface area contributed by atoms with E-state index in [-0.39, 0.29) is 42.0 Å². The molecule has 2 aromatic rings. The Morgan fingerprint density at radius 3 is 1.52 bits per heavy atom. The Labute approximate surface area is 520 Å². The number of fused-ring (bicyclic) bond motifs is 3. The normalized spacial score (nSPS) is 26.8. The van der Waals surface area contributed by atoms with E-state index in [1.165, 1.54) is 65.5 Å². The lowest BCUT2D eigenvalue weighted by Gasteiger charge is -2.50. The highest BCUT2D eigenvalue weighted by molar-refractivity contribution is 6.74. The molecule has 0 radical (unpaired) electrons. The smallest absolute Gasteiger partial charge is 0.303 e. The van der Waals surface area contributed by atoms with E-state index in [1.54, 1.807) is 0 Å². The lowest BCUT2D eigenvalue weighted by atomic mass is 9.85. The molecule has 10 atom stereocenters. The van der Waals surface area contributed by atoms with Crippen LogP contribution in [-0.2, 0) is 45.1 Å². The van der Waals surface area contributed by atoms with Crippen LogP contribution >= 0.6 is 0 Å². The van der Waals surface area contributed by atoms with Crippen LogP contribution in [0, 0.1) is 29.1 Å². The number of carboxylic acids is 1. The molecule has 2 aliphatic carbocycles. The van der Waals surface area contributed by atoms with E-state index in [4.69, 9.17) is 37.7 Å². The van der Waals surface area contributed by atoms with Crippen molar-refractivity contribution in [3.63, 3.8) is 0 Å². The molecule has 15 heteroatoms. The number of benzene rings is 2. The topological polar surface area (TPSA) is 174 Å². The molecule has 3 saturated heterocycles. The first-order chi connectivity index (χ1) is 40.9. The Bertz CT molecular complexity index is 2090. The number of rotatable bonds is 39. The van der Waals surface area contributed by atoms with Gasteiger partial charge in [0.1, 0.15) is 0 Å². The molecule has 5 aliphatic rings. The molecule has 0 aromatic heterocycles. The fraction of sp³-hybridized carbons (Fsp3) is 0.757. The Balaban J connectivity index is 0.000000432. The molecule has 2 aromatic carbocycles. The predicted molar refractivity (Wildman–Crippen MR) is 355 cm³/mol. The van der Waals surface area contributed by atoms with E-state index in [9.17, 15) is 20.1 Å². The van der Waals surface area contributed by atoms with Crippen LogP contribution in [0.3, 0.4) is 0 Å². The number of aliphatic hydroxyl groups excluding tert-OH is 4. The quantitative estimate of drug-likeness (QED) is 0.0244. The molecule has 5 N–H and O–H groups in total. The zero-order valence-corrected chi connectivity index (χ0v) is 58.2. The van der Waals surface area contributed by atoms with Gasteiger partial charge in [0.15, 0.2) is 25.0 Å². The monoisotopic (exact) mass is 1240 g/mol. The van der Waals surface area contributed by atoms with E-state index >= 15 is 0 Å². The Kier molecular flexibility index (Phi) is 34.5. The Morgan fingerprint density at radius 1 is 0.576 bits per heavy atom. The fourth-order valence-corrected chi connectivity index (χ4v) is 22.8. The minimum absolute atomic E-state index is 0.00206. The third-order valence-corrected chi connectivity index (χ3v) is 34.6. The average Bonchev–Trinajstić information content (AvgIpc) is 2.48. The van der Waals surface area contributed by atoms with Gasteiger partial charge in [-0.05, 0) is 192 Å². The van der Waals surface area contributed by atoms with Gasteiger partial charge in [-0.25, -0.2) is 0 Å². The number of carbonyl (C=O) groups is 1. The number of carboxylic acid groups (broad SMARTS) is 1. The first-order valence-electron chi connectivity index (χ1n) is 34.0. The van der Waals surface area contributed by atoms with Gasteiger partial charge in [-0.15, -0.1) is 0 Å². The molecule has 2 saturated carbocycles. The van der Waals surface area contributed by atoms with Crippen molar-refractivity contribution in [2.45, 2.75) is 282 Å². The second-order valence-corrected chi connectivity index (χ2v) is 40.0. The lowest BCUT2D eigenvalue weighted by Crippen LogP contribution is -2.58. The maximum atomic E-state index is 10.5. The number of aryl methyl sites for hydroxylation is 2. The van der Waals surface area contributed by atoms with Gasteiger partial charge < -0.3 is 53.0 Å². The van der Waals surface area contributed by atoms with Crippen molar-refractivity contribution in [3.05, 3.63) is 96.1 Å². The highest BCUT2D eigenvalue weighted by atomic mass is 28.4.